The van der Waals surface area contributed by atoms with Crippen LogP contribution in [0.2, 0.25) is 0 Å². The fraction of sp³-hybridized carbons (Fsp3) is 1.00. The van der Waals surface area contributed by atoms with Crippen molar-refractivity contribution < 1.29 is 55.1 Å². The molecule has 2 heterocycles. The molecule has 0 bridgehead atoms. The van der Waals surface area contributed by atoms with E-state index in [0.29, 0.717) is 0 Å². The van der Waals surface area contributed by atoms with Gasteiger partial charge in [0, 0.05) is 0 Å². The molecule has 4 unspecified atom stereocenters. The van der Waals surface area contributed by atoms with Crippen LogP contribution in [0.3, 0.4) is 0 Å². The number of rotatable bonds is 4. The number of ether oxygens (including phenoxy) is 3. The Labute approximate surface area is 130 Å². The van der Waals surface area contributed by atoms with Gasteiger partial charge in [0.05, 0.1) is 13.2 Å². The molecule has 0 amide bonds. The second-order valence-corrected chi connectivity index (χ2v) is 5.53. The molecule has 23 heavy (non-hydrogen) atoms. The van der Waals surface area contributed by atoms with E-state index in [1.54, 1.807) is 0 Å². The van der Waals surface area contributed by atoms with Crippen LogP contribution in [0.1, 0.15) is 0 Å². The predicted octanol–water partition coefficient (Wildman–Crippen LogP) is -5.40. The highest BCUT2D eigenvalue weighted by Crippen LogP contribution is 2.28. The zero-order valence-corrected chi connectivity index (χ0v) is 12.0. The van der Waals surface area contributed by atoms with E-state index in [4.69, 9.17) is 19.3 Å². The summed E-state index contributed by atoms with van der Waals surface area (Å²) in [6.45, 7) is -1.35. The van der Waals surface area contributed by atoms with Crippen molar-refractivity contribution in [3.63, 3.8) is 0 Å². The fourth-order valence-corrected chi connectivity index (χ4v) is 2.57. The largest absolute Gasteiger partial charge is 0.394 e. The van der Waals surface area contributed by atoms with Crippen LogP contribution in [-0.4, -0.2) is 115 Å². The fourth-order valence-electron chi connectivity index (χ4n) is 2.57. The lowest BCUT2D eigenvalue weighted by molar-refractivity contribution is -0.355. The van der Waals surface area contributed by atoms with E-state index in [2.05, 4.69) is 0 Å². The van der Waals surface area contributed by atoms with E-state index in [1.165, 1.54) is 0 Å². The van der Waals surface area contributed by atoms with E-state index >= 15 is 0 Å². The van der Waals surface area contributed by atoms with Gasteiger partial charge in [-0.25, -0.2) is 0 Å². The molecule has 0 radical (unpaired) electrons. The molecule has 11 nitrogen and oxygen atoms in total. The lowest BCUT2D eigenvalue weighted by Crippen LogP contribution is -2.64. The van der Waals surface area contributed by atoms with Gasteiger partial charge in [0.1, 0.15) is 48.8 Å². The zero-order chi connectivity index (χ0) is 17.3. The number of aliphatic hydroxyl groups excluding tert-OH is 8. The van der Waals surface area contributed by atoms with Crippen molar-refractivity contribution in [3.05, 3.63) is 0 Å². The molecule has 0 spiro atoms. The molecule has 2 fully saturated rings. The van der Waals surface area contributed by atoms with Gasteiger partial charge in [0.2, 0.25) is 0 Å². The van der Waals surface area contributed by atoms with Gasteiger partial charge >= 0.3 is 0 Å². The maximum Gasteiger partial charge on any atom is 0.187 e. The summed E-state index contributed by atoms with van der Waals surface area (Å²) in [7, 11) is 0. The summed E-state index contributed by atoms with van der Waals surface area (Å²) in [5.74, 6) is 0. The third-order valence-corrected chi connectivity index (χ3v) is 3.98. The Balaban J connectivity index is 2.11. The molecular formula is C12H22O11. The Bertz CT molecular complexity index is 378. The second kappa shape index (κ2) is 7.63. The first-order valence-electron chi connectivity index (χ1n) is 7.08. The van der Waals surface area contributed by atoms with Crippen LogP contribution >= 0.6 is 0 Å². The molecule has 2 aliphatic rings. The summed E-state index contributed by atoms with van der Waals surface area (Å²) in [5.41, 5.74) is 0. The van der Waals surface area contributed by atoms with Gasteiger partial charge in [-0.05, 0) is 0 Å². The van der Waals surface area contributed by atoms with E-state index in [-0.39, 0.29) is 0 Å². The Morgan fingerprint density at radius 3 is 1.83 bits per heavy atom. The molecular weight excluding hydrogens is 320 g/mol. The second-order valence-electron chi connectivity index (χ2n) is 5.53. The maximum atomic E-state index is 9.94. The lowest BCUT2D eigenvalue weighted by atomic mass is 9.97. The summed E-state index contributed by atoms with van der Waals surface area (Å²) < 4.78 is 15.3. The Morgan fingerprint density at radius 2 is 1.26 bits per heavy atom. The van der Waals surface area contributed by atoms with Crippen LogP contribution in [0.15, 0.2) is 0 Å². The summed E-state index contributed by atoms with van der Waals surface area (Å²) in [6, 6.07) is 0. The molecule has 0 aromatic rings. The van der Waals surface area contributed by atoms with E-state index in [0.717, 1.165) is 0 Å². The van der Waals surface area contributed by atoms with Gasteiger partial charge in [0.15, 0.2) is 12.6 Å². The standard InChI is InChI=1S/C12H22O11/c13-1-3-5(15)6(16)9(19)12(22-3)23-10-4(2-14)21-11(20)8(18)7(10)17/h3-20H,1-2H2/t3?,4?,5-,6?,7-,8?,9-,10-,11+,12-/m1/s1. The van der Waals surface area contributed by atoms with Crippen LogP contribution in [0, 0.1) is 0 Å². The highest BCUT2D eigenvalue weighted by atomic mass is 16.7. The van der Waals surface area contributed by atoms with Crippen molar-refractivity contribution in [2.24, 2.45) is 0 Å². The van der Waals surface area contributed by atoms with Crippen molar-refractivity contribution in [1.29, 1.82) is 0 Å². The highest BCUT2D eigenvalue weighted by molar-refractivity contribution is 4.93. The van der Waals surface area contributed by atoms with Crippen LogP contribution in [0.25, 0.3) is 0 Å². The average Bonchev–Trinajstić information content (AvgIpc) is 2.55. The summed E-state index contributed by atoms with van der Waals surface area (Å²) in [5, 5.41) is 76.5. The SMILES string of the molecule is OCC1O[C@H](O[C@@H]2C(CO)O[C@H](O)C(O)[C@H]2O)[C@H](O)C(O)[C@@H]1O. The van der Waals surface area contributed by atoms with Crippen molar-refractivity contribution in [2.45, 2.75) is 61.4 Å². The van der Waals surface area contributed by atoms with Gasteiger partial charge in [-0.15, -0.1) is 0 Å². The minimum Gasteiger partial charge on any atom is -0.394 e. The quantitative estimate of drug-likeness (QED) is 0.243. The highest BCUT2D eigenvalue weighted by Gasteiger charge is 2.50. The number of aliphatic hydroxyl groups is 8. The van der Waals surface area contributed by atoms with Gasteiger partial charge in [0.25, 0.3) is 0 Å². The average molecular weight is 342 g/mol. The third-order valence-electron chi connectivity index (χ3n) is 3.98. The summed E-state index contributed by atoms with van der Waals surface area (Å²) in [6.07, 6.45) is -15.6. The maximum absolute atomic E-state index is 9.94. The van der Waals surface area contributed by atoms with E-state index < -0.39 is 74.6 Å². The molecule has 0 aliphatic carbocycles. The van der Waals surface area contributed by atoms with E-state index in [1.807, 2.05) is 0 Å². The first-order valence-corrected chi connectivity index (χ1v) is 7.08. The lowest BCUT2D eigenvalue weighted by Gasteiger charge is -2.45. The molecule has 2 rings (SSSR count). The molecule has 2 aliphatic heterocycles. The zero-order valence-electron chi connectivity index (χ0n) is 12.0. The summed E-state index contributed by atoms with van der Waals surface area (Å²) >= 11 is 0. The molecule has 10 atom stereocenters. The van der Waals surface area contributed by atoms with Crippen LogP contribution < -0.4 is 0 Å². The van der Waals surface area contributed by atoms with Crippen LogP contribution in [0.4, 0.5) is 0 Å². The Kier molecular flexibility index (Phi) is 6.27. The molecule has 136 valence electrons. The molecule has 0 aromatic carbocycles. The monoisotopic (exact) mass is 342 g/mol. The molecule has 0 saturated carbocycles. The smallest absolute Gasteiger partial charge is 0.187 e. The summed E-state index contributed by atoms with van der Waals surface area (Å²) in [4.78, 5) is 0. The normalized spacial score (nSPS) is 51.7. The molecule has 0 aromatic heterocycles. The van der Waals surface area contributed by atoms with Crippen molar-refractivity contribution in [3.8, 4) is 0 Å². The first kappa shape index (κ1) is 18.9. The Morgan fingerprint density at radius 1 is 0.652 bits per heavy atom. The van der Waals surface area contributed by atoms with Crippen molar-refractivity contribution >= 4 is 0 Å². The molecule has 11 heteroatoms. The molecule has 2 saturated heterocycles. The van der Waals surface area contributed by atoms with Gasteiger partial charge in [-0.3, -0.25) is 0 Å². The van der Waals surface area contributed by atoms with Crippen molar-refractivity contribution in [2.75, 3.05) is 13.2 Å². The van der Waals surface area contributed by atoms with E-state index in [9.17, 15) is 35.7 Å². The minimum absolute atomic E-state index is 0.667. The first-order chi connectivity index (χ1) is 10.8. The van der Waals surface area contributed by atoms with Gasteiger partial charge < -0.3 is 55.1 Å². The van der Waals surface area contributed by atoms with Gasteiger partial charge in [-0.1, -0.05) is 0 Å². The molecule has 8 N–H and O–H groups in total. The van der Waals surface area contributed by atoms with Gasteiger partial charge in [-0.2, -0.15) is 0 Å². The van der Waals surface area contributed by atoms with Crippen LogP contribution in [-0.2, 0) is 14.2 Å². The third kappa shape index (κ3) is 3.65. The predicted molar refractivity (Wildman–Crippen MR) is 68.6 cm³/mol. The van der Waals surface area contributed by atoms with Crippen LogP contribution in [0.5, 0.6) is 0 Å². The number of hydrogen-bond donors (Lipinski definition) is 8. The topological polar surface area (TPSA) is 190 Å². The van der Waals surface area contributed by atoms with Crippen molar-refractivity contribution in [1.82, 2.24) is 0 Å². The number of hydrogen-bond acceptors (Lipinski definition) is 11. The Hall–Kier alpha value is -0.440. The minimum atomic E-state index is -1.74.